The third-order valence-corrected chi connectivity index (χ3v) is 12.0. The van der Waals surface area contributed by atoms with Gasteiger partial charge in [-0.1, -0.05) is 88.4 Å². The minimum atomic E-state index is -0.706. The zero-order valence-corrected chi connectivity index (χ0v) is 26.3. The van der Waals surface area contributed by atoms with Crippen LogP contribution in [0.5, 0.6) is 0 Å². The van der Waals surface area contributed by atoms with Crippen LogP contribution in [0.4, 0.5) is 11.4 Å². The van der Waals surface area contributed by atoms with Gasteiger partial charge in [0.2, 0.25) is 0 Å². The van der Waals surface area contributed by atoms with Crippen LogP contribution >= 0.6 is 0 Å². The van der Waals surface area contributed by atoms with Crippen LogP contribution < -0.4 is 9.80 Å². The second kappa shape index (κ2) is 8.99. The lowest BCUT2D eigenvalue weighted by molar-refractivity contribution is 0.0983. The fourth-order valence-corrected chi connectivity index (χ4v) is 10.4. The van der Waals surface area contributed by atoms with Gasteiger partial charge in [0.25, 0.3) is 0 Å². The molecule has 4 aliphatic heterocycles. The quantitative estimate of drug-likeness (QED) is 0.210. The van der Waals surface area contributed by atoms with Gasteiger partial charge in [-0.3, -0.25) is 0 Å². The number of anilines is 2. The molecular weight excluding hydrogens is 540 g/mol. The van der Waals surface area contributed by atoms with Crippen molar-refractivity contribution in [1.82, 2.24) is 0 Å². The summed E-state index contributed by atoms with van der Waals surface area (Å²) >= 11 is 0. The fraction of sp³-hybridized carbons (Fsp3) is 0.400. The van der Waals surface area contributed by atoms with Crippen molar-refractivity contribution < 1.29 is 10.2 Å². The number of aliphatic hydroxyl groups is 2. The van der Waals surface area contributed by atoms with E-state index in [9.17, 15) is 10.2 Å². The van der Waals surface area contributed by atoms with Crippen molar-refractivity contribution in [1.29, 1.82) is 0 Å². The van der Waals surface area contributed by atoms with E-state index in [1.54, 1.807) is 0 Å². The average Bonchev–Trinajstić information content (AvgIpc) is 3.42. The Labute approximate surface area is 260 Å². The maximum Gasteiger partial charge on any atom is 0.102 e. The molecule has 4 heteroatoms. The molecular formula is C40H42N2O2. The largest absolute Gasteiger partial charge is 0.384 e. The molecule has 4 aromatic rings. The number of rotatable bonds is 0. The standard InChI is InChI=1S/C40H42N2O2/c1-39(2)33-25-13-7-5-11-23(25)17-19-29(33)41-21-9-15-27(37(39)41)31-35(43)32(36(31)44)28-16-10-22-42-30-20-18-24-12-6-8-14-26(24)34(30)40(3,4)38(28)42/h5-8,11-14,17-20,35-38,43-44H,9-10,15-16,21-22H2,1-4H3. The molecule has 2 N–H and O–H groups in total. The number of piperidine rings is 2. The molecule has 4 heterocycles. The van der Waals surface area contributed by atoms with E-state index in [1.165, 1.54) is 55.2 Å². The zero-order chi connectivity index (χ0) is 30.1. The Morgan fingerprint density at radius 3 is 1.41 bits per heavy atom. The van der Waals surface area contributed by atoms with E-state index >= 15 is 0 Å². The molecule has 5 aliphatic rings. The summed E-state index contributed by atoms with van der Waals surface area (Å²) in [7, 11) is 0. The molecule has 0 radical (unpaired) electrons. The van der Waals surface area contributed by atoms with Gasteiger partial charge in [0.15, 0.2) is 0 Å². The van der Waals surface area contributed by atoms with E-state index in [2.05, 4.69) is 110 Å². The highest BCUT2D eigenvalue weighted by atomic mass is 16.3. The molecule has 1 aliphatic carbocycles. The van der Waals surface area contributed by atoms with Gasteiger partial charge in [0.05, 0.1) is 12.1 Å². The third kappa shape index (κ3) is 3.26. The number of nitrogens with zero attached hydrogens (tertiary/aromatic N) is 2. The molecule has 4 aromatic carbocycles. The van der Waals surface area contributed by atoms with Crippen molar-refractivity contribution in [2.45, 2.75) is 88.5 Å². The van der Waals surface area contributed by atoms with Gasteiger partial charge in [-0.25, -0.2) is 0 Å². The molecule has 0 spiro atoms. The summed E-state index contributed by atoms with van der Waals surface area (Å²) in [6.45, 7) is 11.5. The molecule has 0 bridgehead atoms. The van der Waals surface area contributed by atoms with Crippen LogP contribution in [0.15, 0.2) is 95.1 Å². The highest BCUT2D eigenvalue weighted by Crippen LogP contribution is 2.58. The summed E-state index contributed by atoms with van der Waals surface area (Å²) in [5.41, 5.74) is 9.45. The first-order chi connectivity index (χ1) is 21.2. The SMILES string of the molecule is CC1(C)c2c(ccc3ccccc23)N2CCCC(=C3C(O)C(=C4CCCN5c6ccc7ccccc7c6C(C)(C)C45)C3O)C21. The molecule has 2 unspecified atom stereocenters. The summed E-state index contributed by atoms with van der Waals surface area (Å²) in [4.78, 5) is 5.14. The van der Waals surface area contributed by atoms with E-state index in [0.717, 1.165) is 49.9 Å². The number of hydrogen-bond donors (Lipinski definition) is 2. The van der Waals surface area contributed by atoms with Crippen molar-refractivity contribution in [3.05, 3.63) is 106 Å². The second-order valence-corrected chi connectivity index (χ2v) is 15.0. The van der Waals surface area contributed by atoms with Crippen molar-refractivity contribution in [3.8, 4) is 0 Å². The van der Waals surface area contributed by atoms with Gasteiger partial charge in [-0.05, 0) is 92.8 Å². The second-order valence-electron chi connectivity index (χ2n) is 15.0. The molecule has 9 rings (SSSR count). The number of aliphatic hydroxyl groups excluding tert-OH is 2. The highest BCUT2D eigenvalue weighted by Gasteiger charge is 2.55. The molecule has 4 nitrogen and oxygen atoms in total. The predicted octanol–water partition coefficient (Wildman–Crippen LogP) is 7.54. The van der Waals surface area contributed by atoms with Crippen molar-refractivity contribution in [2.24, 2.45) is 0 Å². The van der Waals surface area contributed by atoms with E-state index in [0.29, 0.717) is 0 Å². The lowest BCUT2D eigenvalue weighted by Gasteiger charge is -2.49. The first-order valence-corrected chi connectivity index (χ1v) is 16.6. The molecule has 1 saturated carbocycles. The topological polar surface area (TPSA) is 46.9 Å². The van der Waals surface area contributed by atoms with E-state index in [4.69, 9.17) is 0 Å². The Morgan fingerprint density at radius 2 is 0.977 bits per heavy atom. The van der Waals surface area contributed by atoms with Crippen LogP contribution in [0.25, 0.3) is 21.5 Å². The van der Waals surface area contributed by atoms with Crippen LogP contribution in [0.3, 0.4) is 0 Å². The molecule has 224 valence electrons. The van der Waals surface area contributed by atoms with E-state index in [-0.39, 0.29) is 22.9 Å². The number of benzene rings is 4. The van der Waals surface area contributed by atoms with Gasteiger partial charge in [-0.15, -0.1) is 0 Å². The summed E-state index contributed by atoms with van der Waals surface area (Å²) in [6.07, 6.45) is 2.52. The van der Waals surface area contributed by atoms with Crippen LogP contribution in [-0.2, 0) is 10.8 Å². The summed E-state index contributed by atoms with van der Waals surface area (Å²) in [5.74, 6) is 0. The van der Waals surface area contributed by atoms with E-state index in [1.807, 2.05) is 0 Å². The highest BCUT2D eigenvalue weighted by molar-refractivity contribution is 5.95. The Morgan fingerprint density at radius 1 is 0.568 bits per heavy atom. The summed E-state index contributed by atoms with van der Waals surface area (Å²) in [5, 5.41) is 29.4. The van der Waals surface area contributed by atoms with Crippen LogP contribution in [0.1, 0.15) is 64.5 Å². The maximum atomic E-state index is 12.1. The van der Waals surface area contributed by atoms with Gasteiger partial charge >= 0.3 is 0 Å². The van der Waals surface area contributed by atoms with Crippen molar-refractivity contribution in [2.75, 3.05) is 22.9 Å². The van der Waals surface area contributed by atoms with Crippen LogP contribution in [0, 0.1) is 0 Å². The van der Waals surface area contributed by atoms with Crippen LogP contribution in [0.2, 0.25) is 0 Å². The van der Waals surface area contributed by atoms with Gasteiger partial charge < -0.3 is 20.0 Å². The Balaban J connectivity index is 1.15. The number of fused-ring (bicyclic) bond motifs is 10. The molecule has 0 amide bonds. The molecule has 0 aromatic heterocycles. The first-order valence-electron chi connectivity index (χ1n) is 16.6. The summed E-state index contributed by atoms with van der Waals surface area (Å²) in [6, 6.07) is 26.9. The fourth-order valence-electron chi connectivity index (χ4n) is 10.4. The average molecular weight is 583 g/mol. The first kappa shape index (κ1) is 26.8. The number of hydrogen-bond acceptors (Lipinski definition) is 4. The lowest BCUT2D eigenvalue weighted by atomic mass is 9.64. The van der Waals surface area contributed by atoms with Gasteiger partial charge in [0.1, 0.15) is 12.2 Å². The molecule has 2 atom stereocenters. The van der Waals surface area contributed by atoms with Crippen molar-refractivity contribution in [3.63, 3.8) is 0 Å². The Hall–Kier alpha value is -3.60. The van der Waals surface area contributed by atoms with Gasteiger partial charge in [-0.2, -0.15) is 0 Å². The van der Waals surface area contributed by atoms with Crippen molar-refractivity contribution >= 4 is 32.9 Å². The van der Waals surface area contributed by atoms with E-state index < -0.39 is 12.2 Å². The monoisotopic (exact) mass is 582 g/mol. The van der Waals surface area contributed by atoms with Gasteiger partial charge in [0, 0.05) is 35.3 Å². The Kier molecular flexibility index (Phi) is 5.47. The van der Waals surface area contributed by atoms with Crippen LogP contribution in [-0.4, -0.2) is 47.6 Å². The lowest BCUT2D eigenvalue weighted by Crippen LogP contribution is -2.54. The normalized spacial score (nSPS) is 28.2. The third-order valence-electron chi connectivity index (χ3n) is 12.0. The molecule has 44 heavy (non-hydrogen) atoms. The predicted molar refractivity (Wildman–Crippen MR) is 181 cm³/mol. The minimum Gasteiger partial charge on any atom is -0.384 e. The maximum absolute atomic E-state index is 12.1. The zero-order valence-electron chi connectivity index (χ0n) is 26.3. The molecule has 2 saturated heterocycles. The minimum absolute atomic E-state index is 0.140. The molecule has 3 fully saturated rings. The smallest absolute Gasteiger partial charge is 0.102 e. The Bertz CT molecular complexity index is 1790. The summed E-state index contributed by atoms with van der Waals surface area (Å²) < 4.78 is 0.